The average molecular weight is 455 g/mol. The van der Waals surface area contributed by atoms with Crippen molar-refractivity contribution in [2.45, 2.75) is 112 Å². The third-order valence-electron chi connectivity index (χ3n) is 11.4. The average Bonchev–Trinajstić information content (AvgIpc) is 3.11. The number of fused-ring (bicyclic) bond motifs is 5. The van der Waals surface area contributed by atoms with E-state index in [1.54, 1.807) is 6.92 Å². The van der Waals surface area contributed by atoms with Gasteiger partial charge >= 0.3 is 5.97 Å². The Balaban J connectivity index is 1.51. The number of hydrogen-bond donors (Lipinski definition) is 0. The van der Waals surface area contributed by atoms with E-state index in [0.717, 1.165) is 30.1 Å². The van der Waals surface area contributed by atoms with Gasteiger partial charge in [-0.05, 0) is 110 Å². The predicted molar refractivity (Wildman–Crippen MR) is 138 cm³/mol. The first-order valence-corrected chi connectivity index (χ1v) is 14.0. The zero-order chi connectivity index (χ0) is 24.1. The maximum atomic E-state index is 11.6. The van der Waals surface area contributed by atoms with Crippen molar-refractivity contribution in [2.24, 2.45) is 52.3 Å². The second kappa shape index (κ2) is 9.19. The number of rotatable bonds is 6. The molecule has 2 heteroatoms. The molecule has 3 saturated carbocycles. The van der Waals surface area contributed by atoms with E-state index in [0.29, 0.717) is 28.6 Å². The van der Waals surface area contributed by atoms with Crippen molar-refractivity contribution in [3.05, 3.63) is 23.8 Å². The van der Waals surface area contributed by atoms with Crippen molar-refractivity contribution < 1.29 is 9.53 Å². The SMILES string of the molecule is C=C(CC[C@@H](C)[C@H]1CC[C@H]2C3=CC[C@H]4[C@H](C)[C@@H](OC(C)=O)CC[C@]4(C)[C@H]3CC[C@]12C)C(C)C. The van der Waals surface area contributed by atoms with Crippen LogP contribution in [0.2, 0.25) is 0 Å². The largest absolute Gasteiger partial charge is 0.462 e. The van der Waals surface area contributed by atoms with Crippen LogP contribution in [0.25, 0.3) is 0 Å². The van der Waals surface area contributed by atoms with Crippen molar-refractivity contribution in [3.63, 3.8) is 0 Å². The molecule has 0 aromatic heterocycles. The molecule has 0 aliphatic heterocycles. The highest BCUT2D eigenvalue weighted by molar-refractivity contribution is 5.66. The molecule has 3 fully saturated rings. The minimum atomic E-state index is -0.112. The van der Waals surface area contributed by atoms with Gasteiger partial charge in [-0.15, -0.1) is 0 Å². The van der Waals surface area contributed by atoms with Gasteiger partial charge in [-0.1, -0.05) is 65.3 Å². The Labute approximate surface area is 204 Å². The van der Waals surface area contributed by atoms with Gasteiger partial charge in [-0.3, -0.25) is 4.79 Å². The summed E-state index contributed by atoms with van der Waals surface area (Å²) in [7, 11) is 0. The van der Waals surface area contributed by atoms with Gasteiger partial charge in [0.05, 0.1) is 0 Å². The van der Waals surface area contributed by atoms with E-state index in [1.165, 1.54) is 56.9 Å². The zero-order valence-electron chi connectivity index (χ0n) is 22.6. The van der Waals surface area contributed by atoms with E-state index in [-0.39, 0.29) is 12.1 Å². The number of hydrogen-bond acceptors (Lipinski definition) is 2. The summed E-state index contributed by atoms with van der Waals surface area (Å²) in [5, 5.41) is 0. The van der Waals surface area contributed by atoms with Crippen molar-refractivity contribution >= 4 is 5.97 Å². The predicted octanol–water partition coefficient (Wildman–Crippen LogP) is 8.37. The van der Waals surface area contributed by atoms with Crippen LogP contribution in [0.15, 0.2) is 23.8 Å². The topological polar surface area (TPSA) is 26.3 Å². The third kappa shape index (κ3) is 4.27. The molecule has 4 aliphatic rings. The van der Waals surface area contributed by atoms with E-state index >= 15 is 0 Å². The molecule has 186 valence electrons. The molecule has 4 aliphatic carbocycles. The fraction of sp³-hybridized carbons (Fsp3) is 0.839. The minimum absolute atomic E-state index is 0.112. The number of carbonyl (C=O) groups excluding carboxylic acids is 1. The first-order valence-electron chi connectivity index (χ1n) is 14.0. The summed E-state index contributed by atoms with van der Waals surface area (Å²) >= 11 is 0. The Morgan fingerprint density at radius 3 is 2.42 bits per heavy atom. The highest BCUT2D eigenvalue weighted by atomic mass is 16.5. The Morgan fingerprint density at radius 2 is 1.76 bits per heavy atom. The van der Waals surface area contributed by atoms with Gasteiger partial charge in [-0.2, -0.15) is 0 Å². The molecule has 4 rings (SSSR count). The van der Waals surface area contributed by atoms with Crippen molar-refractivity contribution in [3.8, 4) is 0 Å². The molecular formula is C31H50O2. The van der Waals surface area contributed by atoms with Gasteiger partial charge in [-0.25, -0.2) is 0 Å². The quantitative estimate of drug-likeness (QED) is 0.297. The molecule has 2 nitrogen and oxygen atoms in total. The van der Waals surface area contributed by atoms with Gasteiger partial charge in [0.2, 0.25) is 0 Å². The van der Waals surface area contributed by atoms with Crippen LogP contribution in [0, 0.1) is 52.3 Å². The highest BCUT2D eigenvalue weighted by Crippen LogP contribution is 2.67. The van der Waals surface area contributed by atoms with Gasteiger partial charge < -0.3 is 4.74 Å². The molecule has 0 spiro atoms. The van der Waals surface area contributed by atoms with Crippen LogP contribution in [0.5, 0.6) is 0 Å². The van der Waals surface area contributed by atoms with Crippen molar-refractivity contribution in [2.75, 3.05) is 0 Å². The van der Waals surface area contributed by atoms with Crippen LogP contribution < -0.4 is 0 Å². The Morgan fingerprint density at radius 1 is 1.09 bits per heavy atom. The van der Waals surface area contributed by atoms with Crippen molar-refractivity contribution in [1.82, 2.24) is 0 Å². The summed E-state index contributed by atoms with van der Waals surface area (Å²) in [5.41, 5.74) is 4.12. The zero-order valence-corrected chi connectivity index (χ0v) is 22.6. The van der Waals surface area contributed by atoms with E-state index in [1.807, 2.05) is 5.57 Å². The second-order valence-corrected chi connectivity index (χ2v) is 13.3. The first-order chi connectivity index (χ1) is 15.5. The van der Waals surface area contributed by atoms with Crippen LogP contribution in [-0.2, 0) is 9.53 Å². The lowest BCUT2D eigenvalue weighted by Crippen LogP contribution is -2.53. The van der Waals surface area contributed by atoms with Gasteiger partial charge in [0.1, 0.15) is 6.10 Å². The molecule has 0 heterocycles. The molecule has 0 amide bonds. The van der Waals surface area contributed by atoms with E-state index in [9.17, 15) is 4.79 Å². The summed E-state index contributed by atoms with van der Waals surface area (Å²) in [4.78, 5) is 11.6. The summed E-state index contributed by atoms with van der Waals surface area (Å²) in [6.45, 7) is 20.6. The van der Waals surface area contributed by atoms with E-state index in [2.05, 4.69) is 54.2 Å². The smallest absolute Gasteiger partial charge is 0.302 e. The highest BCUT2D eigenvalue weighted by Gasteiger charge is 2.59. The molecule has 0 saturated heterocycles. The molecule has 0 unspecified atom stereocenters. The van der Waals surface area contributed by atoms with E-state index in [4.69, 9.17) is 4.74 Å². The monoisotopic (exact) mass is 454 g/mol. The molecule has 0 aromatic carbocycles. The van der Waals surface area contributed by atoms with Crippen LogP contribution in [0.4, 0.5) is 0 Å². The summed E-state index contributed by atoms with van der Waals surface area (Å²) in [6, 6.07) is 0. The van der Waals surface area contributed by atoms with Crippen LogP contribution in [0.1, 0.15) is 106 Å². The van der Waals surface area contributed by atoms with Gasteiger partial charge in [0.25, 0.3) is 0 Å². The van der Waals surface area contributed by atoms with Crippen molar-refractivity contribution in [1.29, 1.82) is 0 Å². The molecular weight excluding hydrogens is 404 g/mol. The summed E-state index contributed by atoms with van der Waals surface area (Å²) in [5.74, 6) is 4.78. The molecule has 33 heavy (non-hydrogen) atoms. The lowest BCUT2D eigenvalue weighted by atomic mass is 9.46. The fourth-order valence-electron chi connectivity index (χ4n) is 9.19. The Hall–Kier alpha value is -1.05. The lowest BCUT2D eigenvalue weighted by Gasteiger charge is -2.59. The standard InChI is InChI=1S/C31H50O2/c1-19(2)20(3)9-10-21(4)25-13-14-27-24-11-12-26-22(5)29(33-23(6)32)16-18-31(26,8)28(24)15-17-30(25,27)7/h11,19,21-22,25-29H,3,9-10,12-18H2,1-2,4-8H3/t21-,22+,25-,26+,27+,28+,29+,30-,31+/m1/s1. The number of carbonyl (C=O) groups is 1. The molecule has 0 bridgehead atoms. The molecule has 9 atom stereocenters. The molecule has 0 aromatic rings. The summed E-state index contributed by atoms with van der Waals surface area (Å²) < 4.78 is 5.75. The van der Waals surface area contributed by atoms with Crippen LogP contribution >= 0.6 is 0 Å². The first kappa shape index (κ1) is 25.1. The summed E-state index contributed by atoms with van der Waals surface area (Å²) in [6.07, 6.45) is 14.3. The van der Waals surface area contributed by atoms with Crippen LogP contribution in [0.3, 0.4) is 0 Å². The Bertz CT molecular complexity index is 793. The van der Waals surface area contributed by atoms with Gasteiger partial charge in [0, 0.05) is 6.92 Å². The minimum Gasteiger partial charge on any atom is -0.462 e. The third-order valence-corrected chi connectivity index (χ3v) is 11.4. The number of esters is 1. The van der Waals surface area contributed by atoms with Crippen LogP contribution in [-0.4, -0.2) is 12.1 Å². The Kier molecular flexibility index (Phi) is 6.98. The van der Waals surface area contributed by atoms with Gasteiger partial charge in [0.15, 0.2) is 0 Å². The molecule has 0 radical (unpaired) electrons. The fourth-order valence-corrected chi connectivity index (χ4v) is 9.19. The maximum Gasteiger partial charge on any atom is 0.302 e. The second-order valence-electron chi connectivity index (χ2n) is 13.3. The maximum absolute atomic E-state index is 11.6. The van der Waals surface area contributed by atoms with E-state index < -0.39 is 0 Å². The lowest BCUT2D eigenvalue weighted by molar-refractivity contribution is -0.158. The number of ether oxygens (including phenoxy) is 1. The number of allylic oxidation sites excluding steroid dienone is 3. The normalized spacial score (nSPS) is 43.2. The molecule has 0 N–H and O–H groups in total.